The van der Waals surface area contributed by atoms with Crippen LogP contribution in [0.15, 0.2) is 12.3 Å². The Morgan fingerprint density at radius 2 is 2.11 bits per heavy atom. The fourth-order valence-electron chi connectivity index (χ4n) is 3.56. The third-order valence-electron chi connectivity index (χ3n) is 5.07. The fraction of sp³-hybridized carbons (Fsp3) is 0.556. The van der Waals surface area contributed by atoms with Crippen molar-refractivity contribution in [3.05, 3.63) is 23.5 Å². The highest BCUT2D eigenvalue weighted by atomic mass is 32.1. The zero-order chi connectivity index (χ0) is 19.0. The molecule has 0 aromatic carbocycles. The second kappa shape index (κ2) is 7.40. The summed E-state index contributed by atoms with van der Waals surface area (Å²) >= 11 is 1.41. The number of piperazine rings is 1. The minimum Gasteiger partial charge on any atom is -0.488 e. The van der Waals surface area contributed by atoms with Crippen LogP contribution in [0.1, 0.15) is 38.1 Å². The van der Waals surface area contributed by atoms with Crippen LogP contribution in [0.2, 0.25) is 0 Å². The van der Waals surface area contributed by atoms with Gasteiger partial charge in [-0.05, 0) is 25.5 Å². The summed E-state index contributed by atoms with van der Waals surface area (Å²) < 4.78 is 5.86. The number of carbonyl (C=O) groups is 1. The molecule has 2 aliphatic heterocycles. The van der Waals surface area contributed by atoms with E-state index in [9.17, 15) is 4.79 Å². The lowest BCUT2D eigenvalue weighted by atomic mass is 10.1. The maximum absolute atomic E-state index is 11.1. The number of hydrogen-bond acceptors (Lipinski definition) is 8. The Balaban J connectivity index is 1.37. The Kier molecular flexibility index (Phi) is 4.96. The van der Waals surface area contributed by atoms with Crippen molar-refractivity contribution in [3.63, 3.8) is 0 Å². The van der Waals surface area contributed by atoms with E-state index in [0.29, 0.717) is 5.13 Å². The third-order valence-corrected chi connectivity index (χ3v) is 5.97. The Labute approximate surface area is 162 Å². The van der Waals surface area contributed by atoms with Crippen LogP contribution < -0.4 is 15.0 Å². The van der Waals surface area contributed by atoms with E-state index in [4.69, 9.17) is 4.74 Å². The summed E-state index contributed by atoms with van der Waals surface area (Å²) in [5.74, 6) is 0.808. The summed E-state index contributed by atoms with van der Waals surface area (Å²) in [6.45, 7) is 9.40. The maximum atomic E-state index is 11.1. The number of anilines is 2. The molecular formula is C18H24N6O2S. The smallest absolute Gasteiger partial charge is 0.223 e. The molecule has 8 nitrogen and oxygen atoms in total. The van der Waals surface area contributed by atoms with Gasteiger partial charge in [0.1, 0.15) is 11.9 Å². The Bertz CT molecular complexity index is 833. The van der Waals surface area contributed by atoms with Crippen LogP contribution >= 0.6 is 11.3 Å². The van der Waals surface area contributed by atoms with E-state index in [0.717, 1.165) is 49.2 Å². The van der Waals surface area contributed by atoms with Gasteiger partial charge in [-0.15, -0.1) is 10.2 Å². The van der Waals surface area contributed by atoms with Gasteiger partial charge in [0.15, 0.2) is 0 Å². The zero-order valence-electron chi connectivity index (χ0n) is 15.8. The normalized spacial score (nSPS) is 20.9. The first-order valence-electron chi connectivity index (χ1n) is 9.25. The van der Waals surface area contributed by atoms with Gasteiger partial charge in [0.2, 0.25) is 16.2 Å². The molecule has 4 heterocycles. The average molecular weight is 388 g/mol. The number of nitrogens with zero attached hydrogens (tertiary/aromatic N) is 5. The van der Waals surface area contributed by atoms with E-state index in [1.807, 2.05) is 6.20 Å². The molecule has 9 heteroatoms. The van der Waals surface area contributed by atoms with Crippen LogP contribution in [-0.2, 0) is 11.2 Å². The van der Waals surface area contributed by atoms with Gasteiger partial charge in [-0.2, -0.15) is 0 Å². The summed E-state index contributed by atoms with van der Waals surface area (Å²) in [7, 11) is 0. The standard InChI is InChI=1S/C18H24N6O2S/c1-11-8-15-16(26-11)9-14(10-19-15)12(2)23-4-6-24(7-5-23)18-22-21-17(27-18)20-13(3)25/h9-12H,4-8H2,1-3H3,(H,20,21,25). The quantitative estimate of drug-likeness (QED) is 0.859. The average Bonchev–Trinajstić information content (AvgIpc) is 3.25. The number of rotatable bonds is 4. The van der Waals surface area contributed by atoms with Gasteiger partial charge in [0.05, 0.1) is 5.69 Å². The minimum absolute atomic E-state index is 0.127. The Morgan fingerprint density at radius 1 is 1.33 bits per heavy atom. The van der Waals surface area contributed by atoms with Crippen molar-refractivity contribution in [2.75, 3.05) is 36.4 Å². The van der Waals surface area contributed by atoms with Crippen molar-refractivity contribution in [2.45, 2.75) is 39.3 Å². The highest BCUT2D eigenvalue weighted by molar-refractivity contribution is 7.19. The lowest BCUT2D eigenvalue weighted by Gasteiger charge is -2.37. The summed E-state index contributed by atoms with van der Waals surface area (Å²) in [6.07, 6.45) is 3.10. The van der Waals surface area contributed by atoms with Crippen molar-refractivity contribution in [2.24, 2.45) is 0 Å². The van der Waals surface area contributed by atoms with E-state index in [-0.39, 0.29) is 18.1 Å². The lowest BCUT2D eigenvalue weighted by Crippen LogP contribution is -2.47. The van der Waals surface area contributed by atoms with Gasteiger partial charge in [-0.1, -0.05) is 11.3 Å². The zero-order valence-corrected chi connectivity index (χ0v) is 16.6. The van der Waals surface area contributed by atoms with Crippen molar-refractivity contribution in [1.29, 1.82) is 0 Å². The summed E-state index contributed by atoms with van der Waals surface area (Å²) in [6, 6.07) is 2.43. The monoisotopic (exact) mass is 388 g/mol. The second-order valence-electron chi connectivity index (χ2n) is 7.12. The molecule has 144 valence electrons. The highest BCUT2D eigenvalue weighted by Gasteiger charge is 2.26. The summed E-state index contributed by atoms with van der Waals surface area (Å²) in [5, 5.41) is 12.3. The van der Waals surface area contributed by atoms with Gasteiger partial charge in [0, 0.05) is 51.8 Å². The van der Waals surface area contributed by atoms with E-state index >= 15 is 0 Å². The molecule has 0 spiro atoms. The molecule has 0 saturated carbocycles. The molecule has 2 aliphatic rings. The van der Waals surface area contributed by atoms with Gasteiger partial charge in [-0.3, -0.25) is 14.7 Å². The number of carbonyl (C=O) groups excluding carboxylic acids is 1. The van der Waals surface area contributed by atoms with Crippen molar-refractivity contribution in [3.8, 4) is 5.75 Å². The Hall–Kier alpha value is -2.26. The molecular weight excluding hydrogens is 364 g/mol. The highest BCUT2D eigenvalue weighted by Crippen LogP contribution is 2.32. The van der Waals surface area contributed by atoms with Crippen LogP contribution in [-0.4, -0.2) is 58.3 Å². The van der Waals surface area contributed by atoms with Crippen molar-refractivity contribution >= 4 is 27.5 Å². The van der Waals surface area contributed by atoms with Crippen LogP contribution in [0, 0.1) is 0 Å². The molecule has 0 bridgehead atoms. The molecule has 1 N–H and O–H groups in total. The van der Waals surface area contributed by atoms with E-state index in [1.54, 1.807) is 0 Å². The molecule has 2 aromatic rings. The molecule has 27 heavy (non-hydrogen) atoms. The Morgan fingerprint density at radius 3 is 2.85 bits per heavy atom. The van der Waals surface area contributed by atoms with Gasteiger partial charge >= 0.3 is 0 Å². The predicted octanol–water partition coefficient (Wildman–Crippen LogP) is 2.10. The second-order valence-corrected chi connectivity index (χ2v) is 8.07. The van der Waals surface area contributed by atoms with Crippen LogP contribution in [0.3, 0.4) is 0 Å². The van der Waals surface area contributed by atoms with Crippen LogP contribution in [0.5, 0.6) is 5.75 Å². The first kappa shape index (κ1) is 18.1. The first-order chi connectivity index (χ1) is 13.0. The van der Waals surface area contributed by atoms with Crippen LogP contribution in [0.25, 0.3) is 0 Å². The molecule has 1 amide bonds. The van der Waals surface area contributed by atoms with E-state index in [2.05, 4.69) is 50.2 Å². The number of hydrogen-bond donors (Lipinski definition) is 1. The third kappa shape index (κ3) is 3.89. The molecule has 2 atom stereocenters. The largest absolute Gasteiger partial charge is 0.488 e. The van der Waals surface area contributed by atoms with Gasteiger partial charge in [0.25, 0.3) is 0 Å². The molecule has 1 fully saturated rings. The van der Waals surface area contributed by atoms with Gasteiger partial charge < -0.3 is 15.0 Å². The van der Waals surface area contributed by atoms with E-state index in [1.165, 1.54) is 23.8 Å². The maximum Gasteiger partial charge on any atom is 0.223 e. The molecule has 1 saturated heterocycles. The first-order valence-corrected chi connectivity index (χ1v) is 10.1. The SMILES string of the molecule is CC(=O)Nc1nnc(N2CCN(C(C)c3cnc4c(c3)OC(C)C4)CC2)s1. The minimum atomic E-state index is -0.127. The summed E-state index contributed by atoms with van der Waals surface area (Å²) in [4.78, 5) is 20.4. The van der Waals surface area contributed by atoms with Crippen LogP contribution in [0.4, 0.5) is 10.3 Å². The lowest BCUT2D eigenvalue weighted by molar-refractivity contribution is -0.114. The molecule has 0 radical (unpaired) electrons. The number of fused-ring (bicyclic) bond motifs is 1. The van der Waals surface area contributed by atoms with E-state index < -0.39 is 0 Å². The molecule has 0 aliphatic carbocycles. The van der Waals surface area contributed by atoms with Gasteiger partial charge in [-0.25, -0.2) is 0 Å². The predicted molar refractivity (Wildman–Crippen MR) is 104 cm³/mol. The number of amides is 1. The molecule has 2 aromatic heterocycles. The molecule has 4 rings (SSSR count). The fourth-order valence-corrected chi connectivity index (χ4v) is 4.40. The number of aromatic nitrogens is 3. The van der Waals surface area contributed by atoms with Crippen molar-refractivity contribution < 1.29 is 9.53 Å². The topological polar surface area (TPSA) is 83.5 Å². The number of nitrogens with one attached hydrogen (secondary N) is 1. The summed E-state index contributed by atoms with van der Waals surface area (Å²) in [5.41, 5.74) is 2.26. The number of pyridine rings is 1. The number of ether oxygens (including phenoxy) is 1. The molecule has 2 unspecified atom stereocenters. The van der Waals surface area contributed by atoms with Crippen molar-refractivity contribution in [1.82, 2.24) is 20.1 Å².